The lowest BCUT2D eigenvalue weighted by Gasteiger charge is -2.14. The fraction of sp³-hybridized carbons (Fsp3) is 0.294. The van der Waals surface area contributed by atoms with Crippen LogP contribution in [0.5, 0.6) is 5.75 Å². The molecule has 0 radical (unpaired) electrons. The van der Waals surface area contributed by atoms with Crippen LogP contribution in [-0.4, -0.2) is 17.8 Å². The minimum absolute atomic E-state index is 0.175. The molecule has 0 aliphatic rings. The van der Waals surface area contributed by atoms with Crippen LogP contribution in [0.25, 0.3) is 0 Å². The van der Waals surface area contributed by atoms with Crippen LogP contribution in [0.2, 0.25) is 0 Å². The number of hydrogen-bond donors (Lipinski definition) is 2. The molecule has 0 heterocycles. The maximum Gasteiger partial charge on any atom is 0.119 e. The summed E-state index contributed by atoms with van der Waals surface area (Å²) in [6.07, 6.45) is -0.337. The van der Waals surface area contributed by atoms with Gasteiger partial charge in [0.25, 0.3) is 0 Å². The molecule has 0 aliphatic heterocycles. The summed E-state index contributed by atoms with van der Waals surface area (Å²) in [5, 5.41) is 13.3. The van der Waals surface area contributed by atoms with Crippen LogP contribution in [0.1, 0.15) is 25.5 Å². The van der Waals surface area contributed by atoms with Gasteiger partial charge >= 0.3 is 0 Å². The van der Waals surface area contributed by atoms with Crippen molar-refractivity contribution in [1.82, 2.24) is 0 Å². The van der Waals surface area contributed by atoms with Crippen LogP contribution >= 0.6 is 0 Å². The van der Waals surface area contributed by atoms with Gasteiger partial charge in [-0.1, -0.05) is 30.3 Å². The molecule has 0 spiro atoms. The van der Waals surface area contributed by atoms with Gasteiger partial charge in [0.1, 0.15) is 5.75 Å². The molecule has 0 saturated carbocycles. The molecule has 2 aromatic carbocycles. The normalized spacial score (nSPS) is 12.2. The van der Waals surface area contributed by atoms with Gasteiger partial charge in [-0.2, -0.15) is 0 Å². The quantitative estimate of drug-likeness (QED) is 0.843. The van der Waals surface area contributed by atoms with E-state index in [0.717, 1.165) is 17.0 Å². The average Bonchev–Trinajstić information content (AvgIpc) is 2.46. The van der Waals surface area contributed by atoms with Crippen molar-refractivity contribution in [2.75, 3.05) is 11.9 Å². The number of anilines is 1. The molecule has 0 fully saturated rings. The third-order valence-corrected chi connectivity index (χ3v) is 2.91. The first-order valence-corrected chi connectivity index (χ1v) is 6.89. The fourth-order valence-electron chi connectivity index (χ4n) is 1.93. The van der Waals surface area contributed by atoms with Crippen molar-refractivity contribution in [3.63, 3.8) is 0 Å². The third-order valence-electron chi connectivity index (χ3n) is 2.91. The van der Waals surface area contributed by atoms with E-state index in [2.05, 4.69) is 5.32 Å². The number of hydrogen-bond acceptors (Lipinski definition) is 3. The molecule has 20 heavy (non-hydrogen) atoms. The fourth-order valence-corrected chi connectivity index (χ4v) is 1.93. The second kappa shape index (κ2) is 6.96. The van der Waals surface area contributed by atoms with E-state index >= 15 is 0 Å². The largest absolute Gasteiger partial charge is 0.491 e. The molecular weight excluding hydrogens is 250 g/mol. The zero-order valence-corrected chi connectivity index (χ0v) is 11.9. The smallest absolute Gasteiger partial charge is 0.119 e. The number of aliphatic hydroxyl groups excluding tert-OH is 1. The molecule has 1 atom stereocenters. The molecule has 2 aromatic rings. The Hall–Kier alpha value is -2.00. The summed E-state index contributed by atoms with van der Waals surface area (Å²) in [4.78, 5) is 0. The molecule has 1 unspecified atom stereocenters. The van der Waals surface area contributed by atoms with Crippen LogP contribution < -0.4 is 10.1 Å². The zero-order chi connectivity index (χ0) is 14.4. The van der Waals surface area contributed by atoms with Gasteiger partial charge in [-0.3, -0.25) is 0 Å². The molecule has 2 rings (SSSR count). The average molecular weight is 271 g/mol. The van der Waals surface area contributed by atoms with E-state index in [-0.39, 0.29) is 6.10 Å². The molecule has 0 bridgehead atoms. The van der Waals surface area contributed by atoms with E-state index in [1.165, 1.54) is 0 Å². The van der Waals surface area contributed by atoms with Crippen molar-refractivity contribution in [3.05, 3.63) is 60.2 Å². The third kappa shape index (κ3) is 4.28. The van der Waals surface area contributed by atoms with Crippen LogP contribution in [0.15, 0.2) is 54.6 Å². The molecule has 0 aliphatic carbocycles. The first-order chi connectivity index (χ1) is 9.65. The number of ether oxygens (including phenoxy) is 1. The molecular formula is C17H21NO2. The standard InChI is InChI=1S/C17H21NO2/c1-13(2)20-16-10-8-15(9-11-16)18-12-17(19)14-6-4-3-5-7-14/h3-11,13,17-19H,12H2,1-2H3. The first-order valence-electron chi connectivity index (χ1n) is 6.89. The maximum atomic E-state index is 10.1. The van der Waals surface area contributed by atoms with Gasteiger partial charge in [0.15, 0.2) is 0 Å². The lowest BCUT2D eigenvalue weighted by molar-refractivity contribution is 0.191. The zero-order valence-electron chi connectivity index (χ0n) is 11.9. The van der Waals surface area contributed by atoms with Crippen LogP contribution in [-0.2, 0) is 0 Å². The summed E-state index contributed by atoms with van der Waals surface area (Å²) < 4.78 is 5.59. The summed E-state index contributed by atoms with van der Waals surface area (Å²) >= 11 is 0. The number of aliphatic hydroxyl groups is 1. The van der Waals surface area contributed by atoms with E-state index < -0.39 is 6.10 Å². The Bertz CT molecular complexity index is 508. The first kappa shape index (κ1) is 14.4. The summed E-state index contributed by atoms with van der Waals surface area (Å²) in [6.45, 7) is 4.49. The highest BCUT2D eigenvalue weighted by Crippen LogP contribution is 2.18. The van der Waals surface area contributed by atoms with Crippen molar-refractivity contribution >= 4 is 5.69 Å². The van der Waals surface area contributed by atoms with Gasteiger partial charge in [0.05, 0.1) is 12.2 Å². The summed E-state index contributed by atoms with van der Waals surface area (Å²) in [7, 11) is 0. The monoisotopic (exact) mass is 271 g/mol. The van der Waals surface area contributed by atoms with E-state index in [9.17, 15) is 5.11 Å². The highest BCUT2D eigenvalue weighted by Gasteiger charge is 2.06. The summed E-state index contributed by atoms with van der Waals surface area (Å²) in [6, 6.07) is 17.4. The molecule has 0 amide bonds. The second-order valence-electron chi connectivity index (χ2n) is 5.00. The lowest BCUT2D eigenvalue weighted by atomic mass is 10.1. The van der Waals surface area contributed by atoms with E-state index in [1.807, 2.05) is 68.4 Å². The molecule has 3 heteroatoms. The minimum atomic E-state index is -0.511. The van der Waals surface area contributed by atoms with Crippen molar-refractivity contribution < 1.29 is 9.84 Å². The SMILES string of the molecule is CC(C)Oc1ccc(NCC(O)c2ccccc2)cc1. The maximum absolute atomic E-state index is 10.1. The highest BCUT2D eigenvalue weighted by atomic mass is 16.5. The van der Waals surface area contributed by atoms with Crippen molar-refractivity contribution in [1.29, 1.82) is 0 Å². The minimum Gasteiger partial charge on any atom is -0.491 e. The van der Waals surface area contributed by atoms with Gasteiger partial charge in [-0.15, -0.1) is 0 Å². The number of nitrogens with one attached hydrogen (secondary N) is 1. The summed E-state index contributed by atoms with van der Waals surface area (Å²) in [5.74, 6) is 0.856. The Balaban J connectivity index is 1.88. The van der Waals surface area contributed by atoms with Crippen molar-refractivity contribution in [2.45, 2.75) is 26.1 Å². The van der Waals surface area contributed by atoms with Crippen LogP contribution in [0, 0.1) is 0 Å². The van der Waals surface area contributed by atoms with E-state index in [1.54, 1.807) is 0 Å². The Kier molecular flexibility index (Phi) is 5.02. The predicted molar refractivity (Wildman–Crippen MR) is 82.1 cm³/mol. The van der Waals surface area contributed by atoms with E-state index in [4.69, 9.17) is 4.74 Å². The molecule has 0 aromatic heterocycles. The molecule has 106 valence electrons. The van der Waals surface area contributed by atoms with E-state index in [0.29, 0.717) is 6.54 Å². The Morgan fingerprint density at radius 3 is 2.25 bits per heavy atom. The van der Waals surface area contributed by atoms with Gasteiger partial charge in [0.2, 0.25) is 0 Å². The molecule has 0 saturated heterocycles. The van der Waals surface area contributed by atoms with Gasteiger partial charge < -0.3 is 15.2 Å². The highest BCUT2D eigenvalue weighted by molar-refractivity contribution is 5.46. The number of benzene rings is 2. The number of rotatable bonds is 6. The summed E-state index contributed by atoms with van der Waals surface area (Å²) in [5.41, 5.74) is 1.89. The Morgan fingerprint density at radius 1 is 1.00 bits per heavy atom. The second-order valence-corrected chi connectivity index (χ2v) is 5.00. The van der Waals surface area contributed by atoms with Gasteiger partial charge in [-0.05, 0) is 43.7 Å². The molecule has 3 nitrogen and oxygen atoms in total. The van der Waals surface area contributed by atoms with Crippen molar-refractivity contribution in [3.8, 4) is 5.75 Å². The van der Waals surface area contributed by atoms with Crippen molar-refractivity contribution in [2.24, 2.45) is 0 Å². The van der Waals surface area contributed by atoms with Crippen LogP contribution in [0.4, 0.5) is 5.69 Å². The topological polar surface area (TPSA) is 41.5 Å². The Labute approximate surface area is 120 Å². The van der Waals surface area contributed by atoms with Gasteiger partial charge in [0, 0.05) is 12.2 Å². The lowest BCUT2D eigenvalue weighted by Crippen LogP contribution is -2.12. The van der Waals surface area contributed by atoms with Crippen LogP contribution in [0.3, 0.4) is 0 Å². The predicted octanol–water partition coefficient (Wildman–Crippen LogP) is 3.62. The van der Waals surface area contributed by atoms with Gasteiger partial charge in [-0.25, -0.2) is 0 Å². The Morgan fingerprint density at radius 2 is 1.65 bits per heavy atom. The molecule has 2 N–H and O–H groups in total.